The van der Waals surface area contributed by atoms with Gasteiger partial charge in [-0.2, -0.15) is 0 Å². The third kappa shape index (κ3) is 3.92. The molecule has 0 amide bonds. The van der Waals surface area contributed by atoms with Gasteiger partial charge < -0.3 is 5.32 Å². The molecule has 0 spiro atoms. The van der Waals surface area contributed by atoms with Gasteiger partial charge in [0.1, 0.15) is 0 Å². The highest BCUT2D eigenvalue weighted by atomic mass is 35.5. The van der Waals surface area contributed by atoms with Gasteiger partial charge in [-0.1, -0.05) is 17.7 Å². The number of halogens is 1. The van der Waals surface area contributed by atoms with Crippen LogP contribution in [0.5, 0.6) is 0 Å². The molecule has 1 aromatic rings. The Morgan fingerprint density at radius 3 is 2.95 bits per heavy atom. The van der Waals surface area contributed by atoms with Crippen LogP contribution in [0.25, 0.3) is 0 Å². The van der Waals surface area contributed by atoms with Crippen molar-refractivity contribution in [2.45, 2.75) is 24.7 Å². The largest absolute Gasteiger partial charge is 0.316 e. The van der Waals surface area contributed by atoms with E-state index in [-0.39, 0.29) is 4.90 Å². The van der Waals surface area contributed by atoms with E-state index in [9.17, 15) is 8.42 Å². The second-order valence-electron chi connectivity index (χ2n) is 4.96. The molecule has 1 heterocycles. The van der Waals surface area contributed by atoms with Crippen LogP contribution >= 0.6 is 11.6 Å². The highest BCUT2D eigenvalue weighted by Gasteiger charge is 2.19. The van der Waals surface area contributed by atoms with E-state index in [4.69, 9.17) is 11.6 Å². The monoisotopic (exact) mass is 302 g/mol. The molecule has 1 saturated heterocycles. The van der Waals surface area contributed by atoms with E-state index in [1.807, 2.05) is 0 Å². The van der Waals surface area contributed by atoms with Crippen LogP contribution in [-0.2, 0) is 10.0 Å². The quantitative estimate of drug-likeness (QED) is 0.874. The van der Waals surface area contributed by atoms with Crippen molar-refractivity contribution in [3.63, 3.8) is 0 Å². The van der Waals surface area contributed by atoms with Gasteiger partial charge in [0.15, 0.2) is 0 Å². The molecular weight excluding hydrogens is 284 g/mol. The normalized spacial score (nSPS) is 19.8. The van der Waals surface area contributed by atoms with Gasteiger partial charge in [0, 0.05) is 11.6 Å². The summed E-state index contributed by atoms with van der Waals surface area (Å²) in [4.78, 5) is 0.268. The van der Waals surface area contributed by atoms with Gasteiger partial charge >= 0.3 is 0 Å². The molecule has 4 nitrogen and oxygen atoms in total. The van der Waals surface area contributed by atoms with Crippen LogP contribution in [0.3, 0.4) is 0 Å². The Morgan fingerprint density at radius 2 is 2.26 bits per heavy atom. The van der Waals surface area contributed by atoms with Gasteiger partial charge in [-0.25, -0.2) is 13.1 Å². The predicted octanol–water partition coefficient (Wildman–Crippen LogP) is 1.93. The molecule has 0 radical (unpaired) electrons. The number of hydrogen-bond donors (Lipinski definition) is 2. The Balaban J connectivity index is 1.99. The number of hydrogen-bond acceptors (Lipinski definition) is 3. The third-order valence-electron chi connectivity index (χ3n) is 3.45. The predicted molar refractivity (Wildman–Crippen MR) is 77.0 cm³/mol. The molecule has 1 aromatic carbocycles. The van der Waals surface area contributed by atoms with E-state index in [1.165, 1.54) is 6.07 Å². The smallest absolute Gasteiger partial charge is 0.240 e. The topological polar surface area (TPSA) is 58.2 Å². The summed E-state index contributed by atoms with van der Waals surface area (Å²) in [6, 6.07) is 4.91. The molecule has 0 unspecified atom stereocenters. The summed E-state index contributed by atoms with van der Waals surface area (Å²) in [5.41, 5.74) is 0.708. The van der Waals surface area contributed by atoms with E-state index in [0.717, 1.165) is 25.9 Å². The molecule has 106 valence electrons. The summed E-state index contributed by atoms with van der Waals surface area (Å²) < 4.78 is 27.0. The lowest BCUT2D eigenvalue weighted by Gasteiger charge is -2.11. The summed E-state index contributed by atoms with van der Waals surface area (Å²) in [5.74, 6) is 0.572. The zero-order chi connectivity index (χ0) is 13.9. The van der Waals surface area contributed by atoms with Crippen molar-refractivity contribution in [1.82, 2.24) is 10.0 Å². The summed E-state index contributed by atoms with van der Waals surface area (Å²) in [6.07, 6.45) is 1.99. The molecule has 0 aliphatic carbocycles. The molecule has 1 aliphatic heterocycles. The SMILES string of the molecule is Cc1ccc(Cl)cc1S(=O)(=O)NCC[C@H]1CCNC1. The zero-order valence-electron chi connectivity index (χ0n) is 10.9. The molecule has 0 bridgehead atoms. The van der Waals surface area contributed by atoms with Gasteiger partial charge in [0.05, 0.1) is 4.90 Å². The van der Waals surface area contributed by atoms with Crippen molar-refractivity contribution in [2.75, 3.05) is 19.6 Å². The Labute approximate surface area is 119 Å². The number of sulfonamides is 1. The van der Waals surface area contributed by atoms with Crippen molar-refractivity contribution in [3.05, 3.63) is 28.8 Å². The molecule has 2 rings (SSSR count). The van der Waals surface area contributed by atoms with Crippen LogP contribution in [0.15, 0.2) is 23.1 Å². The minimum Gasteiger partial charge on any atom is -0.316 e. The minimum atomic E-state index is -3.46. The van der Waals surface area contributed by atoms with Crippen LogP contribution < -0.4 is 10.0 Å². The van der Waals surface area contributed by atoms with Gasteiger partial charge in [-0.3, -0.25) is 0 Å². The lowest BCUT2D eigenvalue weighted by atomic mass is 10.1. The average Bonchev–Trinajstić information content (AvgIpc) is 2.85. The van der Waals surface area contributed by atoms with E-state index in [1.54, 1.807) is 19.1 Å². The number of rotatable bonds is 5. The summed E-state index contributed by atoms with van der Waals surface area (Å²) in [7, 11) is -3.46. The minimum absolute atomic E-state index is 0.268. The molecule has 0 aromatic heterocycles. The molecule has 1 aliphatic rings. The molecule has 1 atom stereocenters. The van der Waals surface area contributed by atoms with Crippen LogP contribution in [0.1, 0.15) is 18.4 Å². The van der Waals surface area contributed by atoms with Gasteiger partial charge in [-0.15, -0.1) is 0 Å². The molecule has 2 N–H and O–H groups in total. The average molecular weight is 303 g/mol. The second kappa shape index (κ2) is 6.22. The van der Waals surface area contributed by atoms with Crippen molar-refractivity contribution < 1.29 is 8.42 Å². The van der Waals surface area contributed by atoms with E-state index >= 15 is 0 Å². The van der Waals surface area contributed by atoms with E-state index in [0.29, 0.717) is 23.0 Å². The van der Waals surface area contributed by atoms with Gasteiger partial charge in [0.2, 0.25) is 10.0 Å². The lowest BCUT2D eigenvalue weighted by molar-refractivity contribution is 0.519. The van der Waals surface area contributed by atoms with Crippen LogP contribution in [0.4, 0.5) is 0 Å². The number of aryl methyl sites for hydroxylation is 1. The lowest BCUT2D eigenvalue weighted by Crippen LogP contribution is -2.27. The summed E-state index contributed by atoms with van der Waals surface area (Å²) >= 11 is 5.86. The first-order valence-electron chi connectivity index (χ1n) is 6.45. The fourth-order valence-electron chi connectivity index (χ4n) is 2.30. The van der Waals surface area contributed by atoms with Crippen molar-refractivity contribution in [3.8, 4) is 0 Å². The van der Waals surface area contributed by atoms with Gasteiger partial charge in [-0.05, 0) is 56.5 Å². The van der Waals surface area contributed by atoms with Gasteiger partial charge in [0.25, 0.3) is 0 Å². The Hall–Kier alpha value is -0.620. The second-order valence-corrected chi connectivity index (χ2v) is 7.13. The highest BCUT2D eigenvalue weighted by molar-refractivity contribution is 7.89. The molecule has 19 heavy (non-hydrogen) atoms. The van der Waals surface area contributed by atoms with E-state index < -0.39 is 10.0 Å². The van der Waals surface area contributed by atoms with Crippen molar-refractivity contribution in [2.24, 2.45) is 5.92 Å². The maximum atomic E-state index is 12.2. The first-order chi connectivity index (χ1) is 8.99. The van der Waals surface area contributed by atoms with E-state index in [2.05, 4.69) is 10.0 Å². The first kappa shape index (κ1) is 14.8. The first-order valence-corrected chi connectivity index (χ1v) is 8.32. The number of benzene rings is 1. The van der Waals surface area contributed by atoms with Crippen LogP contribution in [-0.4, -0.2) is 28.1 Å². The fraction of sp³-hybridized carbons (Fsp3) is 0.538. The maximum Gasteiger partial charge on any atom is 0.240 e. The summed E-state index contributed by atoms with van der Waals surface area (Å²) in [6.45, 7) is 4.26. The maximum absolute atomic E-state index is 12.2. The molecule has 0 saturated carbocycles. The Bertz CT molecular complexity index is 540. The zero-order valence-corrected chi connectivity index (χ0v) is 12.5. The van der Waals surface area contributed by atoms with Crippen molar-refractivity contribution in [1.29, 1.82) is 0 Å². The Morgan fingerprint density at radius 1 is 1.47 bits per heavy atom. The standard InChI is InChI=1S/C13H19ClN2O2S/c1-10-2-3-12(14)8-13(10)19(17,18)16-7-5-11-4-6-15-9-11/h2-3,8,11,15-16H,4-7,9H2,1H3/t11-/m1/s1. The van der Waals surface area contributed by atoms with Crippen LogP contribution in [0, 0.1) is 12.8 Å². The molecule has 6 heteroatoms. The van der Waals surface area contributed by atoms with Crippen molar-refractivity contribution >= 4 is 21.6 Å². The third-order valence-corrected chi connectivity index (χ3v) is 5.28. The fourth-order valence-corrected chi connectivity index (χ4v) is 3.85. The number of nitrogens with one attached hydrogen (secondary N) is 2. The highest BCUT2D eigenvalue weighted by Crippen LogP contribution is 2.20. The van der Waals surface area contributed by atoms with Crippen LogP contribution in [0.2, 0.25) is 5.02 Å². The molecular formula is C13H19ClN2O2S. The Kier molecular flexibility index (Phi) is 4.84. The summed E-state index contributed by atoms with van der Waals surface area (Å²) in [5, 5.41) is 3.71. The molecule has 1 fully saturated rings.